The van der Waals surface area contributed by atoms with Crippen LogP contribution in [0.1, 0.15) is 5.56 Å². The Balaban J connectivity index is 2.59. The number of aromatic nitrogens is 4. The van der Waals surface area contributed by atoms with E-state index in [1.54, 1.807) is 0 Å². The van der Waals surface area contributed by atoms with Gasteiger partial charge in [-0.25, -0.2) is 9.18 Å². The van der Waals surface area contributed by atoms with Crippen molar-refractivity contribution in [3.63, 3.8) is 0 Å². The van der Waals surface area contributed by atoms with E-state index in [9.17, 15) is 9.18 Å². The first-order valence-electron chi connectivity index (χ1n) is 4.71. The SMILES string of the molecule is O=C(O)/C=C/c1cc(Cl)cc(F)c1-n1cnnn1. The Morgan fingerprint density at radius 3 is 2.89 bits per heavy atom. The fourth-order valence-corrected chi connectivity index (χ4v) is 1.59. The van der Waals surface area contributed by atoms with Crippen molar-refractivity contribution in [2.45, 2.75) is 0 Å². The van der Waals surface area contributed by atoms with Gasteiger partial charge in [0, 0.05) is 16.7 Å². The second-order valence-electron chi connectivity index (χ2n) is 3.25. The van der Waals surface area contributed by atoms with Gasteiger partial charge in [0.15, 0.2) is 5.82 Å². The smallest absolute Gasteiger partial charge is 0.328 e. The van der Waals surface area contributed by atoms with Crippen LogP contribution in [-0.4, -0.2) is 31.3 Å². The topological polar surface area (TPSA) is 80.9 Å². The van der Waals surface area contributed by atoms with E-state index < -0.39 is 11.8 Å². The average molecular weight is 269 g/mol. The molecule has 92 valence electrons. The molecule has 0 radical (unpaired) electrons. The highest BCUT2D eigenvalue weighted by molar-refractivity contribution is 6.30. The summed E-state index contributed by atoms with van der Waals surface area (Å²) in [4.78, 5) is 10.5. The number of nitrogens with zero attached hydrogens (tertiary/aromatic N) is 4. The Kier molecular flexibility index (Phi) is 3.33. The molecule has 0 spiro atoms. The molecule has 0 fully saturated rings. The zero-order chi connectivity index (χ0) is 13.1. The molecular weight excluding hydrogens is 263 g/mol. The lowest BCUT2D eigenvalue weighted by Crippen LogP contribution is -2.02. The molecule has 0 saturated heterocycles. The van der Waals surface area contributed by atoms with Crippen molar-refractivity contribution in [3.05, 3.63) is 40.9 Å². The number of halogens is 2. The molecule has 1 aromatic carbocycles. The second-order valence-corrected chi connectivity index (χ2v) is 3.69. The number of tetrazole rings is 1. The maximum atomic E-state index is 13.8. The first kappa shape index (κ1) is 12.2. The molecule has 2 aromatic rings. The Labute approximate surface area is 105 Å². The molecule has 0 saturated carbocycles. The Morgan fingerprint density at radius 2 is 2.28 bits per heavy atom. The van der Waals surface area contributed by atoms with E-state index in [0.717, 1.165) is 16.8 Å². The highest BCUT2D eigenvalue weighted by Crippen LogP contribution is 2.24. The summed E-state index contributed by atoms with van der Waals surface area (Å²) in [5, 5.41) is 19.1. The van der Waals surface area contributed by atoms with Crippen LogP contribution in [0.5, 0.6) is 0 Å². The molecule has 0 bridgehead atoms. The summed E-state index contributed by atoms with van der Waals surface area (Å²) in [5.41, 5.74) is 0.289. The van der Waals surface area contributed by atoms with Crippen LogP contribution in [0.3, 0.4) is 0 Å². The van der Waals surface area contributed by atoms with Crippen LogP contribution in [0.25, 0.3) is 11.8 Å². The van der Waals surface area contributed by atoms with Crippen molar-refractivity contribution >= 4 is 23.6 Å². The van der Waals surface area contributed by atoms with Gasteiger partial charge in [-0.3, -0.25) is 0 Å². The van der Waals surface area contributed by atoms with Crippen LogP contribution >= 0.6 is 11.6 Å². The van der Waals surface area contributed by atoms with Crippen molar-refractivity contribution in [2.75, 3.05) is 0 Å². The van der Waals surface area contributed by atoms with Gasteiger partial charge in [-0.05, 0) is 28.6 Å². The number of benzene rings is 1. The molecule has 0 aliphatic carbocycles. The number of aliphatic carboxylic acids is 1. The zero-order valence-electron chi connectivity index (χ0n) is 8.79. The van der Waals surface area contributed by atoms with Crippen LogP contribution in [-0.2, 0) is 4.79 Å². The number of hydrogen-bond donors (Lipinski definition) is 1. The fourth-order valence-electron chi connectivity index (χ4n) is 1.38. The van der Waals surface area contributed by atoms with E-state index in [1.807, 2.05) is 0 Å². The lowest BCUT2D eigenvalue weighted by atomic mass is 10.1. The van der Waals surface area contributed by atoms with Crippen molar-refractivity contribution in [3.8, 4) is 5.69 Å². The number of hydrogen-bond acceptors (Lipinski definition) is 4. The highest BCUT2D eigenvalue weighted by Gasteiger charge is 2.12. The lowest BCUT2D eigenvalue weighted by Gasteiger charge is -2.06. The molecular formula is C10H6ClFN4O2. The van der Waals surface area contributed by atoms with Gasteiger partial charge in [0.25, 0.3) is 0 Å². The number of rotatable bonds is 3. The van der Waals surface area contributed by atoms with E-state index in [-0.39, 0.29) is 16.3 Å². The van der Waals surface area contributed by atoms with Crippen LogP contribution in [0.2, 0.25) is 5.02 Å². The number of carboxylic acid groups (broad SMARTS) is 1. The predicted molar refractivity (Wildman–Crippen MR) is 60.8 cm³/mol. The molecule has 0 aliphatic rings. The summed E-state index contributed by atoms with van der Waals surface area (Å²) >= 11 is 5.72. The largest absolute Gasteiger partial charge is 0.478 e. The maximum absolute atomic E-state index is 13.8. The molecule has 0 atom stereocenters. The van der Waals surface area contributed by atoms with E-state index in [0.29, 0.717) is 0 Å². The summed E-state index contributed by atoms with van der Waals surface area (Å²) in [7, 11) is 0. The van der Waals surface area contributed by atoms with E-state index in [1.165, 1.54) is 18.5 Å². The molecule has 1 heterocycles. The van der Waals surface area contributed by atoms with Crippen molar-refractivity contribution in [2.24, 2.45) is 0 Å². The molecule has 6 nitrogen and oxygen atoms in total. The molecule has 0 aliphatic heterocycles. The van der Waals surface area contributed by atoms with Crippen LogP contribution in [0.15, 0.2) is 24.5 Å². The van der Waals surface area contributed by atoms with Gasteiger partial charge in [0.1, 0.15) is 12.0 Å². The van der Waals surface area contributed by atoms with Crippen LogP contribution in [0.4, 0.5) is 4.39 Å². The molecule has 0 unspecified atom stereocenters. The highest BCUT2D eigenvalue weighted by atomic mass is 35.5. The van der Waals surface area contributed by atoms with Crippen molar-refractivity contribution in [1.29, 1.82) is 0 Å². The maximum Gasteiger partial charge on any atom is 0.328 e. The molecule has 18 heavy (non-hydrogen) atoms. The third kappa shape index (κ3) is 2.51. The lowest BCUT2D eigenvalue weighted by molar-refractivity contribution is -0.131. The molecule has 8 heteroatoms. The third-order valence-electron chi connectivity index (χ3n) is 2.04. The van der Waals surface area contributed by atoms with E-state index in [2.05, 4.69) is 15.5 Å². The van der Waals surface area contributed by atoms with Crippen molar-refractivity contribution in [1.82, 2.24) is 20.2 Å². The minimum atomic E-state index is -1.15. The molecule has 1 aromatic heterocycles. The Morgan fingerprint density at radius 1 is 1.50 bits per heavy atom. The van der Waals surface area contributed by atoms with Gasteiger partial charge in [-0.15, -0.1) is 5.10 Å². The fraction of sp³-hybridized carbons (Fsp3) is 0. The van der Waals surface area contributed by atoms with Crippen LogP contribution in [0, 0.1) is 5.82 Å². The normalized spacial score (nSPS) is 11.0. The van der Waals surface area contributed by atoms with Gasteiger partial charge >= 0.3 is 5.97 Å². The van der Waals surface area contributed by atoms with Gasteiger partial charge in [0.05, 0.1) is 0 Å². The van der Waals surface area contributed by atoms with Gasteiger partial charge in [-0.1, -0.05) is 11.6 Å². The van der Waals surface area contributed by atoms with Gasteiger partial charge in [-0.2, -0.15) is 4.68 Å². The summed E-state index contributed by atoms with van der Waals surface area (Å²) in [6.45, 7) is 0. The Bertz CT molecular complexity index is 613. The average Bonchev–Trinajstić information content (AvgIpc) is 2.78. The monoisotopic (exact) mass is 268 g/mol. The zero-order valence-corrected chi connectivity index (χ0v) is 9.54. The molecule has 1 N–H and O–H groups in total. The summed E-state index contributed by atoms with van der Waals surface area (Å²) in [5.74, 6) is -1.81. The minimum absolute atomic E-state index is 0.0295. The van der Waals surface area contributed by atoms with Crippen molar-refractivity contribution < 1.29 is 14.3 Å². The van der Waals surface area contributed by atoms with Gasteiger partial charge < -0.3 is 5.11 Å². The number of carbonyl (C=O) groups is 1. The summed E-state index contributed by atoms with van der Waals surface area (Å²) in [6, 6.07) is 2.51. The van der Waals surface area contributed by atoms with Crippen LogP contribution < -0.4 is 0 Å². The first-order valence-corrected chi connectivity index (χ1v) is 5.09. The molecule has 0 amide bonds. The van der Waals surface area contributed by atoms with E-state index in [4.69, 9.17) is 16.7 Å². The third-order valence-corrected chi connectivity index (χ3v) is 2.26. The van der Waals surface area contributed by atoms with E-state index >= 15 is 0 Å². The Hall–Kier alpha value is -2.28. The second kappa shape index (κ2) is 4.92. The standard InChI is InChI=1S/C10H6ClFN4O2/c11-7-3-6(1-2-9(17)18)10(8(12)4-7)16-5-13-14-15-16/h1-5H,(H,17,18)/b2-1+. The summed E-state index contributed by atoms with van der Waals surface area (Å²) in [6.07, 6.45) is 3.29. The summed E-state index contributed by atoms with van der Waals surface area (Å²) < 4.78 is 14.9. The first-order chi connectivity index (χ1) is 8.58. The molecule has 2 rings (SSSR count). The predicted octanol–water partition coefficient (Wildman–Crippen LogP) is 1.55. The van der Waals surface area contributed by atoms with Gasteiger partial charge in [0.2, 0.25) is 0 Å². The number of carboxylic acids is 1. The minimum Gasteiger partial charge on any atom is -0.478 e. The quantitative estimate of drug-likeness (QED) is 0.854.